The first-order valence-corrected chi connectivity index (χ1v) is 6.54. The van der Waals surface area contributed by atoms with Crippen LogP contribution in [-0.2, 0) is 4.79 Å². The highest BCUT2D eigenvalue weighted by Crippen LogP contribution is 2.38. The van der Waals surface area contributed by atoms with Gasteiger partial charge in [-0.1, -0.05) is 37.3 Å². The predicted molar refractivity (Wildman–Crippen MR) is 71.6 cm³/mol. The highest BCUT2D eigenvalue weighted by atomic mass is 16.4. The van der Waals surface area contributed by atoms with Gasteiger partial charge < -0.3 is 10.0 Å². The average Bonchev–Trinajstić information content (AvgIpc) is 3.02. The Bertz CT molecular complexity index is 404. The van der Waals surface area contributed by atoms with Crippen molar-refractivity contribution in [2.24, 2.45) is 11.8 Å². The number of likely N-dealkylation sites (N-methyl/N-ethyl adjacent to an activating group) is 1. The minimum Gasteiger partial charge on any atom is -0.481 e. The fourth-order valence-corrected chi connectivity index (χ4v) is 2.45. The topological polar surface area (TPSA) is 40.5 Å². The molecule has 3 nitrogen and oxygen atoms in total. The second kappa shape index (κ2) is 5.53. The van der Waals surface area contributed by atoms with Gasteiger partial charge in [0.2, 0.25) is 0 Å². The summed E-state index contributed by atoms with van der Waals surface area (Å²) in [5, 5.41) is 9.35. The lowest BCUT2D eigenvalue weighted by Gasteiger charge is -2.21. The molecule has 0 spiro atoms. The fourth-order valence-electron chi connectivity index (χ4n) is 2.45. The zero-order valence-corrected chi connectivity index (χ0v) is 11.0. The molecule has 0 heterocycles. The molecule has 1 saturated carbocycles. The van der Waals surface area contributed by atoms with E-state index in [9.17, 15) is 9.90 Å². The summed E-state index contributed by atoms with van der Waals surface area (Å²) in [5.74, 6) is 0.412. The van der Waals surface area contributed by atoms with Crippen molar-refractivity contribution in [3.8, 4) is 0 Å². The monoisotopic (exact) mass is 247 g/mol. The molecule has 0 bridgehead atoms. The van der Waals surface area contributed by atoms with Crippen LogP contribution in [0.15, 0.2) is 30.3 Å². The maximum Gasteiger partial charge on any atom is 0.312 e. The Kier molecular flexibility index (Phi) is 4.02. The third-order valence-corrected chi connectivity index (χ3v) is 3.82. The van der Waals surface area contributed by atoms with Gasteiger partial charge >= 0.3 is 5.97 Å². The third kappa shape index (κ3) is 3.33. The molecule has 1 aliphatic rings. The van der Waals surface area contributed by atoms with Crippen LogP contribution in [0.3, 0.4) is 0 Å². The summed E-state index contributed by atoms with van der Waals surface area (Å²) < 4.78 is 0. The van der Waals surface area contributed by atoms with E-state index in [1.165, 1.54) is 6.42 Å². The van der Waals surface area contributed by atoms with Gasteiger partial charge in [0.05, 0.1) is 5.92 Å². The van der Waals surface area contributed by atoms with Crippen LogP contribution < -0.4 is 0 Å². The second-order valence-corrected chi connectivity index (χ2v) is 5.50. The molecule has 1 aliphatic carbocycles. The second-order valence-electron chi connectivity index (χ2n) is 5.50. The summed E-state index contributed by atoms with van der Waals surface area (Å²) in [6.45, 7) is 3.85. The number of carboxylic acids is 1. The van der Waals surface area contributed by atoms with Crippen molar-refractivity contribution in [1.82, 2.24) is 4.90 Å². The highest BCUT2D eigenvalue weighted by molar-refractivity contribution is 5.76. The zero-order valence-electron chi connectivity index (χ0n) is 11.0. The van der Waals surface area contributed by atoms with Crippen molar-refractivity contribution in [3.63, 3.8) is 0 Å². The van der Waals surface area contributed by atoms with Crippen molar-refractivity contribution >= 4 is 5.97 Å². The highest BCUT2D eigenvalue weighted by Gasteiger charge is 2.34. The Morgan fingerprint density at radius 1 is 1.44 bits per heavy atom. The normalized spacial score (nSPS) is 23.9. The van der Waals surface area contributed by atoms with Gasteiger partial charge in [0.1, 0.15) is 0 Å². The number of carbonyl (C=O) groups is 1. The largest absolute Gasteiger partial charge is 0.481 e. The molecule has 1 fully saturated rings. The van der Waals surface area contributed by atoms with Crippen LogP contribution in [0.4, 0.5) is 0 Å². The molecule has 18 heavy (non-hydrogen) atoms. The number of rotatable bonds is 6. The van der Waals surface area contributed by atoms with Gasteiger partial charge in [0, 0.05) is 13.1 Å². The van der Waals surface area contributed by atoms with Gasteiger partial charge in [0.25, 0.3) is 0 Å². The minimum absolute atomic E-state index is 0.426. The Labute approximate surface area is 108 Å². The van der Waals surface area contributed by atoms with Crippen molar-refractivity contribution in [1.29, 1.82) is 0 Å². The van der Waals surface area contributed by atoms with Crippen LogP contribution >= 0.6 is 0 Å². The molecule has 0 radical (unpaired) electrons. The first-order chi connectivity index (χ1) is 8.58. The van der Waals surface area contributed by atoms with E-state index in [0.29, 0.717) is 6.54 Å². The van der Waals surface area contributed by atoms with Crippen LogP contribution in [0, 0.1) is 11.8 Å². The van der Waals surface area contributed by atoms with Gasteiger partial charge in [-0.15, -0.1) is 0 Å². The molecular weight excluding hydrogens is 226 g/mol. The van der Waals surface area contributed by atoms with Gasteiger partial charge in [-0.2, -0.15) is 0 Å². The predicted octanol–water partition coefficient (Wildman–Crippen LogP) is 2.44. The lowest BCUT2D eigenvalue weighted by atomic mass is 9.99. The summed E-state index contributed by atoms with van der Waals surface area (Å²) in [5.41, 5.74) is 0.890. The van der Waals surface area contributed by atoms with Crippen molar-refractivity contribution < 1.29 is 9.90 Å². The average molecular weight is 247 g/mol. The molecule has 3 atom stereocenters. The van der Waals surface area contributed by atoms with E-state index in [4.69, 9.17) is 0 Å². The first kappa shape index (κ1) is 13.1. The van der Waals surface area contributed by atoms with Gasteiger partial charge in [-0.3, -0.25) is 4.79 Å². The van der Waals surface area contributed by atoms with Crippen LogP contribution in [0.2, 0.25) is 0 Å². The molecule has 3 heteroatoms. The van der Waals surface area contributed by atoms with E-state index in [-0.39, 0.29) is 0 Å². The first-order valence-electron chi connectivity index (χ1n) is 6.54. The third-order valence-electron chi connectivity index (χ3n) is 3.82. The molecule has 1 N–H and O–H groups in total. The van der Waals surface area contributed by atoms with E-state index in [0.717, 1.165) is 23.9 Å². The van der Waals surface area contributed by atoms with Crippen molar-refractivity contribution in [2.75, 3.05) is 20.1 Å². The molecule has 1 aromatic carbocycles. The van der Waals surface area contributed by atoms with E-state index in [1.807, 2.05) is 37.4 Å². The number of carboxylic acid groups (broad SMARTS) is 1. The molecule has 2 rings (SSSR count). The molecule has 0 aliphatic heterocycles. The van der Waals surface area contributed by atoms with E-state index in [2.05, 4.69) is 11.8 Å². The van der Waals surface area contributed by atoms with Crippen molar-refractivity contribution in [3.05, 3.63) is 35.9 Å². The van der Waals surface area contributed by atoms with E-state index < -0.39 is 11.9 Å². The van der Waals surface area contributed by atoms with Crippen LogP contribution in [0.25, 0.3) is 0 Å². The zero-order chi connectivity index (χ0) is 13.1. The Balaban J connectivity index is 1.96. The summed E-state index contributed by atoms with van der Waals surface area (Å²) in [7, 11) is 2.02. The number of hydrogen-bond donors (Lipinski definition) is 1. The quantitative estimate of drug-likeness (QED) is 0.839. The molecule has 1 aromatic rings. The van der Waals surface area contributed by atoms with Gasteiger partial charge in [-0.25, -0.2) is 0 Å². The lowest BCUT2D eigenvalue weighted by Crippen LogP contribution is -2.30. The smallest absolute Gasteiger partial charge is 0.312 e. The number of aliphatic carboxylic acids is 1. The molecular formula is C15H21NO2. The van der Waals surface area contributed by atoms with Crippen LogP contribution in [0.1, 0.15) is 24.8 Å². The number of hydrogen-bond acceptors (Lipinski definition) is 2. The van der Waals surface area contributed by atoms with Crippen LogP contribution in [0.5, 0.6) is 0 Å². The Morgan fingerprint density at radius 3 is 2.56 bits per heavy atom. The summed E-state index contributed by atoms with van der Waals surface area (Å²) in [6.07, 6.45) is 1.29. The molecule has 98 valence electrons. The molecule has 3 unspecified atom stereocenters. The van der Waals surface area contributed by atoms with Crippen molar-refractivity contribution in [2.45, 2.75) is 19.3 Å². The number of nitrogens with zero attached hydrogens (tertiary/aromatic N) is 1. The molecule has 0 saturated heterocycles. The summed E-state index contributed by atoms with van der Waals surface area (Å²) in [4.78, 5) is 13.5. The van der Waals surface area contributed by atoms with Gasteiger partial charge in [0.15, 0.2) is 0 Å². The maximum atomic E-state index is 11.4. The minimum atomic E-state index is -0.739. The van der Waals surface area contributed by atoms with Crippen LogP contribution in [-0.4, -0.2) is 36.1 Å². The Morgan fingerprint density at radius 2 is 2.06 bits per heavy atom. The molecule has 0 aromatic heterocycles. The fraction of sp³-hybridized carbons (Fsp3) is 0.533. The maximum absolute atomic E-state index is 11.4. The molecule has 0 amide bonds. The van der Waals surface area contributed by atoms with Gasteiger partial charge in [-0.05, 0) is 30.9 Å². The van der Waals surface area contributed by atoms with E-state index >= 15 is 0 Å². The summed E-state index contributed by atoms with van der Waals surface area (Å²) in [6, 6.07) is 9.50. The van der Waals surface area contributed by atoms with E-state index in [1.54, 1.807) is 0 Å². The Hall–Kier alpha value is -1.35. The standard InChI is InChI=1S/C15H21NO2/c1-11-8-13(11)9-16(2)10-14(15(17)18)12-6-4-3-5-7-12/h3-7,11,13-14H,8-10H2,1-2H3,(H,17,18). The SMILES string of the molecule is CC1CC1CN(C)CC(C(=O)O)c1ccccc1. The number of benzene rings is 1. The summed E-state index contributed by atoms with van der Waals surface area (Å²) >= 11 is 0. The lowest BCUT2D eigenvalue weighted by molar-refractivity contribution is -0.139.